The second-order valence-electron chi connectivity index (χ2n) is 5.09. The van der Waals surface area contributed by atoms with Crippen molar-refractivity contribution in [2.45, 2.75) is 37.5 Å². The highest BCUT2D eigenvalue weighted by Gasteiger charge is 2.20. The Bertz CT molecular complexity index is 836. The lowest BCUT2D eigenvalue weighted by atomic mass is 10.2. The number of nitrogens with one attached hydrogen (secondary N) is 1. The number of anilines is 1. The molecule has 0 fully saturated rings. The van der Waals surface area contributed by atoms with Gasteiger partial charge in [0.1, 0.15) is 5.82 Å². The summed E-state index contributed by atoms with van der Waals surface area (Å²) in [7, 11) is -3.79. The molecule has 0 bridgehead atoms. The van der Waals surface area contributed by atoms with Crippen LogP contribution in [0.2, 0.25) is 5.02 Å². The van der Waals surface area contributed by atoms with Gasteiger partial charge in [-0.1, -0.05) is 17.7 Å². The molecule has 2 aromatic rings. The van der Waals surface area contributed by atoms with Crippen LogP contribution in [0, 0.1) is 6.92 Å². The molecule has 0 unspecified atom stereocenters. The van der Waals surface area contributed by atoms with E-state index in [1.165, 1.54) is 6.07 Å². The fourth-order valence-electron chi connectivity index (χ4n) is 2.01. The number of carbonyl (C=O) groups is 1. The fraction of sp³-hybridized carbons (Fsp3) is 0.357. The second-order valence-corrected chi connectivity index (χ2v) is 7.89. The van der Waals surface area contributed by atoms with Gasteiger partial charge in [-0.05, 0) is 37.5 Å². The number of halogens is 1. The standard InChI is InChI=1S/C14H16ClN3O4S2/c1-9-10(15)5-4-6-11(9)24(21,22)18-14-16-12(17-23-14)7-2-3-8-13(19)20/h4-6H,2-3,7-8H2,1H3,(H,19,20)(H,16,17,18). The number of unbranched alkanes of at least 4 members (excludes halogenated alkanes) is 1. The van der Waals surface area contributed by atoms with Gasteiger partial charge < -0.3 is 5.11 Å². The molecule has 0 saturated carbocycles. The van der Waals surface area contributed by atoms with Crippen LogP contribution in [0.15, 0.2) is 23.1 Å². The van der Waals surface area contributed by atoms with Crippen molar-refractivity contribution in [2.75, 3.05) is 4.72 Å². The maximum absolute atomic E-state index is 12.4. The first kappa shape index (κ1) is 18.6. The van der Waals surface area contributed by atoms with Gasteiger partial charge >= 0.3 is 5.97 Å². The summed E-state index contributed by atoms with van der Waals surface area (Å²) in [6.45, 7) is 1.63. The Kier molecular flexibility index (Phi) is 6.14. The summed E-state index contributed by atoms with van der Waals surface area (Å²) >= 11 is 6.91. The van der Waals surface area contributed by atoms with Gasteiger partial charge in [-0.2, -0.15) is 4.37 Å². The third kappa shape index (κ3) is 4.89. The van der Waals surface area contributed by atoms with Crippen LogP contribution >= 0.6 is 23.1 Å². The zero-order valence-corrected chi connectivity index (χ0v) is 15.2. The Morgan fingerprint density at radius 1 is 1.38 bits per heavy atom. The third-order valence-electron chi connectivity index (χ3n) is 3.24. The van der Waals surface area contributed by atoms with Crippen molar-refractivity contribution in [3.63, 3.8) is 0 Å². The average Bonchev–Trinajstić information content (AvgIpc) is 2.93. The number of sulfonamides is 1. The fourth-order valence-corrected chi connectivity index (χ4v) is 4.34. The van der Waals surface area contributed by atoms with Crippen molar-refractivity contribution in [3.8, 4) is 0 Å². The van der Waals surface area contributed by atoms with Crippen LogP contribution in [-0.2, 0) is 21.2 Å². The number of aryl methyl sites for hydroxylation is 1. The summed E-state index contributed by atoms with van der Waals surface area (Å²) in [5.41, 5.74) is 0.463. The predicted octanol–water partition coefficient (Wildman–Crippen LogP) is 3.10. The number of aliphatic carboxylic acids is 1. The van der Waals surface area contributed by atoms with E-state index in [9.17, 15) is 13.2 Å². The Morgan fingerprint density at radius 2 is 2.12 bits per heavy atom. The van der Waals surface area contributed by atoms with E-state index in [1.807, 2.05) is 0 Å². The Labute approximate surface area is 148 Å². The van der Waals surface area contributed by atoms with Crippen LogP contribution in [0.1, 0.15) is 30.7 Å². The van der Waals surface area contributed by atoms with E-state index in [-0.39, 0.29) is 16.4 Å². The molecule has 0 aliphatic heterocycles. The average molecular weight is 390 g/mol. The summed E-state index contributed by atoms with van der Waals surface area (Å²) in [4.78, 5) is 14.7. The molecule has 1 aromatic heterocycles. The highest BCUT2D eigenvalue weighted by molar-refractivity contribution is 7.93. The van der Waals surface area contributed by atoms with Crippen molar-refractivity contribution in [2.24, 2.45) is 0 Å². The van der Waals surface area contributed by atoms with Crippen LogP contribution in [0.4, 0.5) is 5.13 Å². The van der Waals surface area contributed by atoms with Crippen LogP contribution in [0.5, 0.6) is 0 Å². The van der Waals surface area contributed by atoms with E-state index in [2.05, 4.69) is 14.1 Å². The number of rotatable bonds is 8. The minimum absolute atomic E-state index is 0.0909. The summed E-state index contributed by atoms with van der Waals surface area (Å²) in [5, 5.41) is 9.12. The summed E-state index contributed by atoms with van der Waals surface area (Å²) in [6, 6.07) is 4.66. The number of aromatic nitrogens is 2. The van der Waals surface area contributed by atoms with Crippen LogP contribution in [0.25, 0.3) is 0 Å². The van der Waals surface area contributed by atoms with Gasteiger partial charge in [-0.3, -0.25) is 9.52 Å². The monoisotopic (exact) mass is 389 g/mol. The summed E-state index contributed by atoms with van der Waals surface area (Å²) in [6.07, 6.45) is 1.75. The van der Waals surface area contributed by atoms with Gasteiger partial charge in [0.05, 0.1) is 4.90 Å². The summed E-state index contributed by atoms with van der Waals surface area (Å²) < 4.78 is 31.3. The van der Waals surface area contributed by atoms with Crippen LogP contribution < -0.4 is 4.72 Å². The second kappa shape index (κ2) is 7.91. The number of nitrogens with zero attached hydrogens (tertiary/aromatic N) is 2. The third-order valence-corrected chi connectivity index (χ3v) is 5.93. The van der Waals surface area contributed by atoms with Crippen molar-refractivity contribution >= 4 is 44.3 Å². The smallest absolute Gasteiger partial charge is 0.303 e. The zero-order chi connectivity index (χ0) is 17.7. The molecule has 0 spiro atoms. The van der Waals surface area contributed by atoms with Crippen LogP contribution in [-0.4, -0.2) is 28.9 Å². The number of hydrogen-bond acceptors (Lipinski definition) is 6. The zero-order valence-electron chi connectivity index (χ0n) is 12.8. The minimum atomic E-state index is -3.79. The molecular weight excluding hydrogens is 374 g/mol. The number of hydrogen-bond donors (Lipinski definition) is 2. The highest BCUT2D eigenvalue weighted by Crippen LogP contribution is 2.25. The first-order valence-electron chi connectivity index (χ1n) is 7.12. The highest BCUT2D eigenvalue weighted by atomic mass is 35.5. The topological polar surface area (TPSA) is 109 Å². The normalized spacial score (nSPS) is 11.4. The van der Waals surface area contributed by atoms with Gasteiger partial charge in [0.25, 0.3) is 10.0 Å². The molecule has 0 radical (unpaired) electrons. The molecule has 0 aliphatic carbocycles. The number of carboxylic acid groups (broad SMARTS) is 1. The lowest BCUT2D eigenvalue weighted by Crippen LogP contribution is -2.14. The van der Waals surface area contributed by atoms with Crippen LogP contribution in [0.3, 0.4) is 0 Å². The predicted molar refractivity (Wildman–Crippen MR) is 92.1 cm³/mol. The molecule has 1 heterocycles. The van der Waals surface area contributed by atoms with Gasteiger partial charge in [0.15, 0.2) is 0 Å². The molecule has 2 N–H and O–H groups in total. The molecule has 130 valence electrons. The quantitative estimate of drug-likeness (QED) is 0.671. The van der Waals surface area contributed by atoms with E-state index in [0.717, 1.165) is 11.5 Å². The molecule has 10 heteroatoms. The van der Waals surface area contributed by atoms with Gasteiger partial charge in [0.2, 0.25) is 5.13 Å². The molecule has 7 nitrogen and oxygen atoms in total. The first-order chi connectivity index (χ1) is 11.3. The maximum Gasteiger partial charge on any atom is 0.303 e. The molecule has 0 amide bonds. The first-order valence-corrected chi connectivity index (χ1v) is 9.75. The molecule has 0 atom stereocenters. The largest absolute Gasteiger partial charge is 0.481 e. The van der Waals surface area contributed by atoms with Gasteiger partial charge in [0, 0.05) is 29.4 Å². The molecule has 1 aromatic carbocycles. The number of benzene rings is 1. The van der Waals surface area contributed by atoms with Gasteiger partial charge in [-0.15, -0.1) is 0 Å². The SMILES string of the molecule is Cc1c(Cl)cccc1S(=O)(=O)Nc1nc(CCCCC(=O)O)ns1. The van der Waals surface area contributed by atoms with Crippen molar-refractivity contribution in [1.29, 1.82) is 0 Å². The Hall–Kier alpha value is -1.71. The van der Waals surface area contributed by atoms with Crippen molar-refractivity contribution < 1.29 is 18.3 Å². The van der Waals surface area contributed by atoms with E-state index >= 15 is 0 Å². The van der Waals surface area contributed by atoms with Crippen molar-refractivity contribution in [3.05, 3.63) is 34.6 Å². The maximum atomic E-state index is 12.4. The molecule has 0 aliphatic rings. The van der Waals surface area contributed by atoms with Crippen molar-refractivity contribution in [1.82, 2.24) is 9.36 Å². The van der Waals surface area contributed by atoms with E-state index in [0.29, 0.717) is 35.7 Å². The molecule has 2 rings (SSSR count). The summed E-state index contributed by atoms with van der Waals surface area (Å²) in [5.74, 6) is -0.350. The Balaban J connectivity index is 2.03. The lowest BCUT2D eigenvalue weighted by Gasteiger charge is -2.08. The molecule has 24 heavy (non-hydrogen) atoms. The van der Waals surface area contributed by atoms with E-state index in [4.69, 9.17) is 16.7 Å². The number of carboxylic acids is 1. The molecule has 0 saturated heterocycles. The molecular formula is C14H16ClN3O4S2. The van der Waals surface area contributed by atoms with E-state index in [1.54, 1.807) is 19.1 Å². The lowest BCUT2D eigenvalue weighted by molar-refractivity contribution is -0.137. The minimum Gasteiger partial charge on any atom is -0.481 e. The van der Waals surface area contributed by atoms with Gasteiger partial charge in [-0.25, -0.2) is 13.4 Å². The van der Waals surface area contributed by atoms with E-state index < -0.39 is 16.0 Å². The Morgan fingerprint density at radius 3 is 2.83 bits per heavy atom.